The van der Waals surface area contributed by atoms with Gasteiger partial charge in [-0.25, -0.2) is 13.8 Å². The third-order valence-electron chi connectivity index (χ3n) is 4.36. The molecule has 0 spiro atoms. The topological polar surface area (TPSA) is 61.8 Å². The normalized spacial score (nSPS) is 16.9. The number of halogens is 3. The number of rotatable bonds is 6. The van der Waals surface area contributed by atoms with E-state index in [-0.39, 0.29) is 11.7 Å². The molecule has 1 aliphatic rings. The molecule has 9 heteroatoms. The van der Waals surface area contributed by atoms with E-state index in [2.05, 4.69) is 20.6 Å². The Morgan fingerprint density at radius 1 is 1.32 bits per heavy atom. The van der Waals surface area contributed by atoms with Gasteiger partial charge in [-0.15, -0.1) is 0 Å². The van der Waals surface area contributed by atoms with E-state index in [9.17, 15) is 8.78 Å². The summed E-state index contributed by atoms with van der Waals surface area (Å²) in [6, 6.07) is 7.38. The Kier molecular flexibility index (Phi) is 6.86. The average Bonchev–Trinajstić information content (AvgIpc) is 3.13. The molecule has 1 fully saturated rings. The second-order valence-electron chi connectivity index (χ2n) is 6.28. The summed E-state index contributed by atoms with van der Waals surface area (Å²) in [5, 5.41) is 6.86. The minimum atomic E-state index is -0.548. The monoisotopic (exact) mass is 409 g/mol. The fourth-order valence-electron chi connectivity index (χ4n) is 3.05. The Morgan fingerprint density at radius 2 is 2.11 bits per heavy atom. The molecular weight excluding hydrogens is 388 g/mol. The number of ether oxygens (including phenoxy) is 1. The van der Waals surface area contributed by atoms with Gasteiger partial charge in [0.05, 0.1) is 6.54 Å². The van der Waals surface area contributed by atoms with Gasteiger partial charge in [0.2, 0.25) is 5.88 Å². The number of hydrogen-bond donors (Lipinski definition) is 2. The highest BCUT2D eigenvalue weighted by Crippen LogP contribution is 2.26. The number of hydrogen-bond acceptors (Lipinski definition) is 4. The number of guanidine groups is 1. The SMILES string of the molecule is CN=C(NCCOc1ncccc1Cl)NC1CCN(c2c(F)cccc2F)C1. The van der Waals surface area contributed by atoms with Crippen molar-refractivity contribution in [2.24, 2.45) is 4.99 Å². The molecule has 2 N–H and O–H groups in total. The minimum Gasteiger partial charge on any atom is -0.475 e. The Balaban J connectivity index is 1.46. The summed E-state index contributed by atoms with van der Waals surface area (Å²) in [6.45, 7) is 1.89. The quantitative estimate of drug-likeness (QED) is 0.436. The predicted molar refractivity (Wildman–Crippen MR) is 106 cm³/mol. The number of aromatic nitrogens is 1. The molecule has 2 aromatic rings. The van der Waals surface area contributed by atoms with Crippen LogP contribution in [0.3, 0.4) is 0 Å². The molecule has 1 aromatic heterocycles. The van der Waals surface area contributed by atoms with Crippen LogP contribution >= 0.6 is 11.6 Å². The lowest BCUT2D eigenvalue weighted by molar-refractivity contribution is 0.310. The molecule has 1 atom stereocenters. The van der Waals surface area contributed by atoms with Crippen LogP contribution in [-0.4, -0.2) is 50.3 Å². The van der Waals surface area contributed by atoms with E-state index in [1.54, 1.807) is 30.3 Å². The summed E-state index contributed by atoms with van der Waals surface area (Å²) >= 11 is 5.99. The first-order valence-corrected chi connectivity index (χ1v) is 9.35. The highest BCUT2D eigenvalue weighted by atomic mass is 35.5. The van der Waals surface area contributed by atoms with E-state index in [1.165, 1.54) is 18.2 Å². The van der Waals surface area contributed by atoms with Gasteiger partial charge >= 0.3 is 0 Å². The lowest BCUT2D eigenvalue weighted by Crippen LogP contribution is -2.45. The maximum atomic E-state index is 14.0. The molecule has 3 rings (SSSR count). The van der Waals surface area contributed by atoms with Crippen molar-refractivity contribution < 1.29 is 13.5 Å². The van der Waals surface area contributed by atoms with Crippen molar-refractivity contribution in [2.75, 3.05) is 38.2 Å². The summed E-state index contributed by atoms with van der Waals surface area (Å²) in [5.74, 6) is -0.120. The number of nitrogens with one attached hydrogen (secondary N) is 2. The number of anilines is 1. The van der Waals surface area contributed by atoms with Crippen LogP contribution in [0.15, 0.2) is 41.5 Å². The van der Waals surface area contributed by atoms with Crippen LogP contribution < -0.4 is 20.3 Å². The molecule has 0 radical (unpaired) electrons. The summed E-state index contributed by atoms with van der Waals surface area (Å²) in [6.07, 6.45) is 2.36. The molecule has 0 aliphatic carbocycles. The summed E-state index contributed by atoms with van der Waals surface area (Å²) in [7, 11) is 1.66. The third kappa shape index (κ3) is 5.01. The van der Waals surface area contributed by atoms with Crippen molar-refractivity contribution in [1.29, 1.82) is 0 Å². The van der Waals surface area contributed by atoms with Crippen LogP contribution in [0.4, 0.5) is 14.5 Å². The van der Waals surface area contributed by atoms with E-state index in [0.717, 1.165) is 6.42 Å². The van der Waals surface area contributed by atoms with Gasteiger partial charge in [0.25, 0.3) is 0 Å². The van der Waals surface area contributed by atoms with Crippen molar-refractivity contribution in [3.63, 3.8) is 0 Å². The highest BCUT2D eigenvalue weighted by Gasteiger charge is 2.27. The van der Waals surface area contributed by atoms with Crippen molar-refractivity contribution in [3.8, 4) is 5.88 Å². The summed E-state index contributed by atoms with van der Waals surface area (Å²) in [5.41, 5.74) is 0.0235. The Morgan fingerprint density at radius 3 is 2.82 bits per heavy atom. The molecule has 1 aliphatic heterocycles. The second-order valence-corrected chi connectivity index (χ2v) is 6.69. The smallest absolute Gasteiger partial charge is 0.232 e. The average molecular weight is 410 g/mol. The van der Waals surface area contributed by atoms with E-state index in [4.69, 9.17) is 16.3 Å². The van der Waals surface area contributed by atoms with Crippen LogP contribution in [0, 0.1) is 11.6 Å². The summed E-state index contributed by atoms with van der Waals surface area (Å²) < 4.78 is 33.5. The van der Waals surface area contributed by atoms with Crippen LogP contribution in [0.1, 0.15) is 6.42 Å². The molecule has 1 unspecified atom stereocenters. The fourth-order valence-corrected chi connectivity index (χ4v) is 3.23. The first-order chi connectivity index (χ1) is 13.6. The Hall–Kier alpha value is -2.61. The van der Waals surface area contributed by atoms with Gasteiger partial charge in [-0.3, -0.25) is 4.99 Å². The zero-order valence-electron chi connectivity index (χ0n) is 15.5. The standard InChI is InChI=1S/C19H22ClF2N5O/c1-23-19(25-9-11-28-18-14(20)4-3-8-24-18)26-13-7-10-27(12-13)17-15(21)5-2-6-16(17)22/h2-6,8,13H,7,9-12H2,1H3,(H2,23,25,26). The van der Waals surface area contributed by atoms with Gasteiger partial charge in [0, 0.05) is 32.4 Å². The maximum Gasteiger partial charge on any atom is 0.232 e. The molecule has 2 heterocycles. The number of aliphatic imine (C=N–C) groups is 1. The van der Waals surface area contributed by atoms with E-state index < -0.39 is 11.6 Å². The van der Waals surface area contributed by atoms with E-state index in [0.29, 0.717) is 43.1 Å². The van der Waals surface area contributed by atoms with Gasteiger partial charge in [0.15, 0.2) is 5.96 Å². The molecule has 150 valence electrons. The van der Waals surface area contributed by atoms with Gasteiger partial charge in [-0.05, 0) is 30.7 Å². The molecule has 0 saturated carbocycles. The third-order valence-corrected chi connectivity index (χ3v) is 4.65. The van der Waals surface area contributed by atoms with Gasteiger partial charge in [0.1, 0.15) is 29.0 Å². The molecule has 0 bridgehead atoms. The molecular formula is C19H22ClF2N5O. The van der Waals surface area contributed by atoms with Crippen molar-refractivity contribution in [1.82, 2.24) is 15.6 Å². The first-order valence-electron chi connectivity index (χ1n) is 8.98. The van der Waals surface area contributed by atoms with E-state index >= 15 is 0 Å². The van der Waals surface area contributed by atoms with Gasteiger partial charge < -0.3 is 20.3 Å². The summed E-state index contributed by atoms with van der Waals surface area (Å²) in [4.78, 5) is 9.94. The number of benzene rings is 1. The zero-order valence-corrected chi connectivity index (χ0v) is 16.2. The Labute approximate surface area is 167 Å². The van der Waals surface area contributed by atoms with Crippen LogP contribution in [0.5, 0.6) is 5.88 Å². The number of nitrogens with zero attached hydrogens (tertiary/aromatic N) is 3. The molecule has 28 heavy (non-hydrogen) atoms. The fraction of sp³-hybridized carbons (Fsp3) is 0.368. The number of pyridine rings is 1. The lowest BCUT2D eigenvalue weighted by Gasteiger charge is -2.21. The second kappa shape index (κ2) is 9.54. The maximum absolute atomic E-state index is 14.0. The predicted octanol–water partition coefficient (Wildman–Crippen LogP) is 2.84. The highest BCUT2D eigenvalue weighted by molar-refractivity contribution is 6.31. The molecule has 1 saturated heterocycles. The molecule has 6 nitrogen and oxygen atoms in total. The van der Waals surface area contributed by atoms with Crippen molar-refractivity contribution in [3.05, 3.63) is 53.2 Å². The van der Waals surface area contributed by atoms with Crippen molar-refractivity contribution in [2.45, 2.75) is 12.5 Å². The Bertz CT molecular complexity index is 815. The minimum absolute atomic E-state index is 0.0235. The van der Waals surface area contributed by atoms with Crippen LogP contribution in [0.25, 0.3) is 0 Å². The van der Waals surface area contributed by atoms with Gasteiger partial charge in [-0.1, -0.05) is 17.7 Å². The lowest BCUT2D eigenvalue weighted by atomic mass is 10.2. The van der Waals surface area contributed by atoms with Gasteiger partial charge in [-0.2, -0.15) is 0 Å². The number of para-hydroxylation sites is 1. The molecule has 0 amide bonds. The van der Waals surface area contributed by atoms with E-state index in [1.807, 2.05) is 0 Å². The van der Waals surface area contributed by atoms with Crippen LogP contribution in [-0.2, 0) is 0 Å². The molecule has 1 aromatic carbocycles. The first kappa shape index (κ1) is 20.1. The van der Waals surface area contributed by atoms with Crippen LogP contribution in [0.2, 0.25) is 5.02 Å². The zero-order chi connectivity index (χ0) is 19.9. The van der Waals surface area contributed by atoms with Crippen molar-refractivity contribution >= 4 is 23.2 Å². The largest absolute Gasteiger partial charge is 0.475 e.